The van der Waals surface area contributed by atoms with Crippen LogP contribution in [0.2, 0.25) is 0 Å². The topological polar surface area (TPSA) is 104 Å². The number of fused-ring (bicyclic) bond motifs is 1. The van der Waals surface area contributed by atoms with Gasteiger partial charge >= 0.3 is 12.1 Å². The van der Waals surface area contributed by atoms with Gasteiger partial charge < -0.3 is 14.2 Å². The molecule has 1 fully saturated rings. The van der Waals surface area contributed by atoms with E-state index in [1.165, 1.54) is 23.3 Å². The lowest BCUT2D eigenvalue weighted by atomic mass is 10.2. The Balaban J connectivity index is 1.62. The Hall–Kier alpha value is -3.27. The summed E-state index contributed by atoms with van der Waals surface area (Å²) in [7, 11) is 1.29. The summed E-state index contributed by atoms with van der Waals surface area (Å²) in [6, 6.07) is 6.60. The molecule has 1 saturated heterocycles. The molecule has 0 unspecified atom stereocenters. The van der Waals surface area contributed by atoms with Crippen molar-refractivity contribution in [1.29, 1.82) is 0 Å². The van der Waals surface area contributed by atoms with Crippen LogP contribution in [-0.2, 0) is 14.3 Å². The molecule has 0 spiro atoms. The molecule has 9 nitrogen and oxygen atoms in total. The summed E-state index contributed by atoms with van der Waals surface area (Å²) in [5.74, 6) is 0.318. The molecule has 4 heterocycles. The molecule has 2 atom stereocenters. The fraction of sp³-hybridized carbons (Fsp3) is 0.409. The Morgan fingerprint density at radius 2 is 2.00 bits per heavy atom. The van der Waals surface area contributed by atoms with Gasteiger partial charge in [0.25, 0.3) is 0 Å². The summed E-state index contributed by atoms with van der Waals surface area (Å²) < 4.78 is 16.6. The zero-order valence-corrected chi connectivity index (χ0v) is 19.1. The van der Waals surface area contributed by atoms with Crippen LogP contribution in [0.3, 0.4) is 0 Å². The van der Waals surface area contributed by atoms with Gasteiger partial charge in [0.15, 0.2) is 5.82 Å². The van der Waals surface area contributed by atoms with Crippen molar-refractivity contribution in [1.82, 2.24) is 19.9 Å². The van der Waals surface area contributed by atoms with E-state index in [0.717, 1.165) is 10.2 Å². The van der Waals surface area contributed by atoms with E-state index in [9.17, 15) is 9.59 Å². The first-order valence-electron chi connectivity index (χ1n) is 10.2. The number of pyridine rings is 1. The first-order chi connectivity index (χ1) is 15.2. The number of rotatable bonds is 4. The first kappa shape index (κ1) is 21.9. The van der Waals surface area contributed by atoms with Crippen molar-refractivity contribution in [3.05, 3.63) is 35.8 Å². The minimum atomic E-state index is -0.796. The molecule has 0 aliphatic carbocycles. The van der Waals surface area contributed by atoms with E-state index in [4.69, 9.17) is 14.2 Å². The Labute approximate surface area is 189 Å². The van der Waals surface area contributed by atoms with Crippen LogP contribution >= 0.6 is 11.3 Å². The van der Waals surface area contributed by atoms with Crippen LogP contribution in [0.15, 0.2) is 35.8 Å². The fourth-order valence-electron chi connectivity index (χ4n) is 3.45. The lowest BCUT2D eigenvalue weighted by Gasteiger charge is -2.27. The number of aromatic nitrogens is 3. The second-order valence-electron chi connectivity index (χ2n) is 8.35. The van der Waals surface area contributed by atoms with E-state index in [-0.39, 0.29) is 13.0 Å². The maximum Gasteiger partial charge on any atom is 0.411 e. The van der Waals surface area contributed by atoms with Crippen molar-refractivity contribution < 1.29 is 23.8 Å². The largest absolute Gasteiger partial charge is 0.472 e. The van der Waals surface area contributed by atoms with Crippen LogP contribution in [-0.4, -0.2) is 63.3 Å². The minimum absolute atomic E-state index is 0.170. The smallest absolute Gasteiger partial charge is 0.411 e. The van der Waals surface area contributed by atoms with Crippen molar-refractivity contribution in [2.24, 2.45) is 0 Å². The van der Waals surface area contributed by atoms with Gasteiger partial charge in [-0.1, -0.05) is 6.07 Å². The molecule has 3 aromatic rings. The van der Waals surface area contributed by atoms with Crippen LogP contribution < -0.4 is 4.74 Å². The van der Waals surface area contributed by atoms with Crippen LogP contribution in [0.5, 0.6) is 5.88 Å². The van der Waals surface area contributed by atoms with Gasteiger partial charge in [-0.15, -0.1) is 11.3 Å². The molecule has 0 aromatic carbocycles. The molecule has 4 rings (SSSR count). The number of amides is 1. The molecular weight excluding hydrogens is 432 g/mol. The normalized spacial score (nSPS) is 18.6. The third kappa shape index (κ3) is 4.64. The number of hydrogen-bond donors (Lipinski definition) is 0. The van der Waals surface area contributed by atoms with Crippen LogP contribution in [0, 0.1) is 0 Å². The molecule has 10 heteroatoms. The van der Waals surface area contributed by atoms with Crippen LogP contribution in [0.4, 0.5) is 4.79 Å². The summed E-state index contributed by atoms with van der Waals surface area (Å²) in [6.45, 7) is 5.49. The third-order valence-corrected chi connectivity index (χ3v) is 5.63. The maximum atomic E-state index is 12.7. The number of carbonyl (C=O) groups is 2. The number of carbonyl (C=O) groups excluding carboxylic acids is 2. The number of ether oxygens (including phenoxy) is 3. The zero-order valence-electron chi connectivity index (χ0n) is 18.3. The fourth-order valence-corrected chi connectivity index (χ4v) is 4.20. The number of methoxy groups -OCH3 is 1. The van der Waals surface area contributed by atoms with Gasteiger partial charge in [0.1, 0.15) is 28.3 Å². The Kier molecular flexibility index (Phi) is 5.96. The average Bonchev–Trinajstić information content (AvgIpc) is 3.40. The van der Waals surface area contributed by atoms with E-state index in [1.54, 1.807) is 27.0 Å². The number of likely N-dealkylation sites (tertiary alicyclic amines) is 1. The van der Waals surface area contributed by atoms with E-state index in [0.29, 0.717) is 17.4 Å². The Bertz CT molecular complexity index is 1130. The predicted molar refractivity (Wildman–Crippen MR) is 118 cm³/mol. The van der Waals surface area contributed by atoms with Gasteiger partial charge in [0.2, 0.25) is 5.88 Å². The van der Waals surface area contributed by atoms with E-state index in [1.807, 2.05) is 29.6 Å². The van der Waals surface area contributed by atoms with Crippen molar-refractivity contribution >= 4 is 33.6 Å². The lowest BCUT2D eigenvalue weighted by molar-refractivity contribution is -0.145. The zero-order chi connectivity index (χ0) is 22.9. The molecular formula is C22H24N4O5S. The van der Waals surface area contributed by atoms with E-state index >= 15 is 0 Å². The number of nitrogens with zero attached hydrogens (tertiary/aromatic N) is 4. The van der Waals surface area contributed by atoms with Gasteiger partial charge in [-0.05, 0) is 44.4 Å². The summed E-state index contributed by atoms with van der Waals surface area (Å²) in [5, 5.41) is 2.67. The van der Waals surface area contributed by atoms with E-state index < -0.39 is 29.8 Å². The van der Waals surface area contributed by atoms with Crippen LogP contribution in [0.25, 0.3) is 21.7 Å². The number of esters is 1. The quantitative estimate of drug-likeness (QED) is 0.548. The molecule has 32 heavy (non-hydrogen) atoms. The molecule has 168 valence electrons. The molecule has 1 aliphatic heterocycles. The molecule has 0 N–H and O–H groups in total. The summed E-state index contributed by atoms with van der Waals surface area (Å²) >= 11 is 1.47. The van der Waals surface area contributed by atoms with Gasteiger partial charge in [0.05, 0.1) is 19.0 Å². The SMILES string of the molecule is COC(=O)[C@@H]1C[C@@H](Oc2nc(-c3ccccn3)nc3sccc23)CN1C(=O)OC(C)(C)C. The predicted octanol–water partition coefficient (Wildman–Crippen LogP) is 3.68. The molecule has 1 amide bonds. The summed E-state index contributed by atoms with van der Waals surface area (Å²) in [4.78, 5) is 40.7. The Morgan fingerprint density at radius 1 is 1.19 bits per heavy atom. The first-order valence-corrected chi connectivity index (χ1v) is 11.0. The van der Waals surface area contributed by atoms with E-state index in [2.05, 4.69) is 15.0 Å². The standard InChI is InChI=1S/C22H24N4O5S/c1-22(2,3)31-21(28)26-12-13(11-16(26)20(27)29-4)30-18-14-8-10-32-19(14)25-17(24-18)15-7-5-6-9-23-15/h5-10,13,16H,11-12H2,1-4H3/t13-,16+/m1/s1. The third-order valence-electron chi connectivity index (χ3n) is 4.83. The second-order valence-corrected chi connectivity index (χ2v) is 9.25. The monoisotopic (exact) mass is 456 g/mol. The molecule has 0 saturated carbocycles. The number of hydrogen-bond acceptors (Lipinski definition) is 9. The molecule has 0 bridgehead atoms. The highest BCUT2D eigenvalue weighted by Gasteiger charge is 2.43. The summed E-state index contributed by atoms with van der Waals surface area (Å²) in [6.07, 6.45) is 0.882. The van der Waals surface area contributed by atoms with Gasteiger partial charge in [-0.3, -0.25) is 9.88 Å². The number of thiophene rings is 1. The summed E-state index contributed by atoms with van der Waals surface area (Å²) in [5.41, 5.74) is -0.0639. The maximum absolute atomic E-state index is 12.7. The minimum Gasteiger partial charge on any atom is -0.472 e. The van der Waals surface area contributed by atoms with Gasteiger partial charge in [-0.25, -0.2) is 14.6 Å². The van der Waals surface area contributed by atoms with Crippen molar-refractivity contribution in [3.63, 3.8) is 0 Å². The van der Waals surface area contributed by atoms with Gasteiger partial charge in [-0.2, -0.15) is 4.98 Å². The second kappa shape index (κ2) is 8.70. The molecule has 1 aliphatic rings. The van der Waals surface area contributed by atoms with Gasteiger partial charge in [0, 0.05) is 12.6 Å². The molecule has 3 aromatic heterocycles. The highest BCUT2D eigenvalue weighted by atomic mass is 32.1. The highest BCUT2D eigenvalue weighted by Crippen LogP contribution is 2.32. The lowest BCUT2D eigenvalue weighted by Crippen LogP contribution is -2.44. The van der Waals surface area contributed by atoms with Crippen molar-refractivity contribution in [2.45, 2.75) is 44.9 Å². The highest BCUT2D eigenvalue weighted by molar-refractivity contribution is 7.16. The van der Waals surface area contributed by atoms with Crippen LogP contribution in [0.1, 0.15) is 27.2 Å². The Morgan fingerprint density at radius 3 is 2.69 bits per heavy atom. The molecule has 0 radical (unpaired) electrons. The van der Waals surface area contributed by atoms with Crippen molar-refractivity contribution in [2.75, 3.05) is 13.7 Å². The average molecular weight is 457 g/mol. The van der Waals surface area contributed by atoms with Crippen molar-refractivity contribution in [3.8, 4) is 17.4 Å².